The molecule has 0 radical (unpaired) electrons. The molecule has 172 valence electrons. The number of carbonyl (C=O) groups is 3. The fourth-order valence-electron chi connectivity index (χ4n) is 4.20. The van der Waals surface area contributed by atoms with E-state index in [0.29, 0.717) is 6.42 Å². The largest absolute Gasteiger partial charge is 0.483 e. The zero-order valence-electron chi connectivity index (χ0n) is 18.5. The highest BCUT2D eigenvalue weighted by molar-refractivity contribution is 7.99. The van der Waals surface area contributed by atoms with Gasteiger partial charge in [-0.2, -0.15) is 0 Å². The van der Waals surface area contributed by atoms with Crippen LogP contribution in [0.4, 0.5) is 0 Å². The number of piperidine rings is 1. The lowest BCUT2D eigenvalue weighted by Gasteiger charge is -2.19. The second kappa shape index (κ2) is 12.3. The van der Waals surface area contributed by atoms with Crippen molar-refractivity contribution in [3.05, 3.63) is 48.0 Å². The fourth-order valence-corrected chi connectivity index (χ4v) is 5.13. The number of primary amides is 1. The minimum absolute atomic E-state index is 0.250. The number of carboxylic acid groups (broad SMARTS) is 1. The van der Waals surface area contributed by atoms with Gasteiger partial charge >= 0.3 is 0 Å². The van der Waals surface area contributed by atoms with Crippen molar-refractivity contribution >= 4 is 30.9 Å². The Morgan fingerprint density at radius 3 is 2.31 bits per heavy atom. The molecular weight excluding hydrogens is 428 g/mol. The summed E-state index contributed by atoms with van der Waals surface area (Å²) in [6, 6.07) is 15.7. The minimum Gasteiger partial charge on any atom is -0.483 e. The number of para-hydroxylation sites is 1. The average molecular weight is 459 g/mol. The maximum absolute atomic E-state index is 10.5. The van der Waals surface area contributed by atoms with Crippen LogP contribution in [0, 0.1) is 11.8 Å². The summed E-state index contributed by atoms with van der Waals surface area (Å²) in [6.45, 7) is 4.45. The Morgan fingerprint density at radius 1 is 1.12 bits per heavy atom. The molecule has 7 nitrogen and oxygen atoms in total. The van der Waals surface area contributed by atoms with Gasteiger partial charge in [-0.3, -0.25) is 9.59 Å². The molecule has 32 heavy (non-hydrogen) atoms. The van der Waals surface area contributed by atoms with Crippen LogP contribution in [0.5, 0.6) is 11.5 Å². The monoisotopic (exact) mass is 458 g/mol. The topological polar surface area (TPSA) is 110 Å². The third-order valence-electron chi connectivity index (χ3n) is 5.91. The molecule has 2 heterocycles. The summed E-state index contributed by atoms with van der Waals surface area (Å²) >= 11 is 1.70. The standard InChI is InChI=1S/C14H10O2S.C8H15N.CH3NO.CH2O2/c15-8-7-10-5-6-14-12(9-10)16-11-3-1-2-4-13(11)17-14;1-5-4-7-6(2)8(7)9(5)3;2*2-1-3/h1-6,8-9H,7H2;5-8H,4H2,1-3H3;1H,(H2,2,3);1H,(H,2,3). The molecule has 1 amide bonds. The number of nitrogens with two attached hydrogens (primary N) is 1. The molecule has 0 spiro atoms. The van der Waals surface area contributed by atoms with E-state index in [1.807, 2.05) is 42.5 Å². The number of rotatable bonds is 2. The van der Waals surface area contributed by atoms with Gasteiger partial charge < -0.3 is 25.3 Å². The predicted octanol–water partition coefficient (Wildman–Crippen LogP) is 3.83. The maximum atomic E-state index is 10.5. The van der Waals surface area contributed by atoms with Gasteiger partial charge in [0.2, 0.25) is 6.41 Å². The van der Waals surface area contributed by atoms with E-state index in [1.165, 1.54) is 6.42 Å². The third kappa shape index (κ3) is 6.34. The summed E-state index contributed by atoms with van der Waals surface area (Å²) in [5, 5.41) is 6.89. The van der Waals surface area contributed by atoms with E-state index in [9.17, 15) is 4.79 Å². The normalized spacial score (nSPS) is 23.5. The quantitative estimate of drug-likeness (QED) is 0.562. The molecule has 5 rings (SSSR count). The Labute approximate surface area is 192 Å². The van der Waals surface area contributed by atoms with Crippen LogP contribution in [0.15, 0.2) is 52.3 Å². The van der Waals surface area contributed by atoms with E-state index in [0.717, 1.165) is 57.1 Å². The number of likely N-dealkylation sites (tertiary alicyclic amines) is 1. The van der Waals surface area contributed by atoms with E-state index in [4.69, 9.17) is 19.4 Å². The molecule has 1 aliphatic carbocycles. The maximum Gasteiger partial charge on any atom is 0.290 e. The smallest absolute Gasteiger partial charge is 0.290 e. The van der Waals surface area contributed by atoms with Gasteiger partial charge in [0.1, 0.15) is 17.8 Å². The summed E-state index contributed by atoms with van der Waals surface area (Å²) in [5.41, 5.74) is 5.15. The van der Waals surface area contributed by atoms with Crippen molar-refractivity contribution in [2.24, 2.45) is 17.6 Å². The van der Waals surface area contributed by atoms with Crippen LogP contribution in [0.25, 0.3) is 0 Å². The Balaban J connectivity index is 0.000000202. The summed E-state index contributed by atoms with van der Waals surface area (Å²) in [7, 11) is 2.26. The number of ether oxygens (including phenoxy) is 1. The highest BCUT2D eigenvalue weighted by Crippen LogP contribution is 2.52. The van der Waals surface area contributed by atoms with Crippen LogP contribution in [0.2, 0.25) is 0 Å². The van der Waals surface area contributed by atoms with Gasteiger partial charge in [0.15, 0.2) is 0 Å². The Morgan fingerprint density at radius 2 is 1.75 bits per heavy atom. The lowest BCUT2D eigenvalue weighted by Crippen LogP contribution is -2.27. The van der Waals surface area contributed by atoms with Gasteiger partial charge in [-0.1, -0.05) is 36.9 Å². The summed E-state index contributed by atoms with van der Waals surface area (Å²) in [4.78, 5) is 32.2. The number of aldehydes is 1. The first-order valence-electron chi connectivity index (χ1n) is 10.4. The minimum atomic E-state index is -0.250. The lowest BCUT2D eigenvalue weighted by atomic mass is 10.1. The molecule has 3 N–H and O–H groups in total. The van der Waals surface area contributed by atoms with Crippen molar-refractivity contribution in [1.29, 1.82) is 0 Å². The molecular formula is C24H30N2O5S. The molecule has 2 aromatic rings. The van der Waals surface area contributed by atoms with Crippen molar-refractivity contribution in [3.8, 4) is 11.5 Å². The van der Waals surface area contributed by atoms with E-state index < -0.39 is 0 Å². The van der Waals surface area contributed by atoms with Gasteiger partial charge in [0.05, 0.1) is 9.79 Å². The fraction of sp³-hybridized carbons (Fsp3) is 0.375. The van der Waals surface area contributed by atoms with Crippen molar-refractivity contribution in [3.63, 3.8) is 0 Å². The Hall–Kier alpha value is -2.84. The van der Waals surface area contributed by atoms with Crippen molar-refractivity contribution < 1.29 is 24.2 Å². The first-order chi connectivity index (χ1) is 15.4. The van der Waals surface area contributed by atoms with E-state index in [1.54, 1.807) is 11.8 Å². The van der Waals surface area contributed by atoms with Gasteiger partial charge in [-0.25, -0.2) is 0 Å². The molecule has 2 fully saturated rings. The molecule has 0 aromatic heterocycles. The summed E-state index contributed by atoms with van der Waals surface area (Å²) in [6.07, 6.45) is 3.04. The number of nitrogens with zero attached hydrogens (tertiary/aromatic N) is 1. The van der Waals surface area contributed by atoms with Crippen molar-refractivity contribution in [2.45, 2.75) is 48.6 Å². The number of hydrogen-bond donors (Lipinski definition) is 2. The number of fused-ring (bicyclic) bond motifs is 3. The molecule has 0 bridgehead atoms. The highest BCUT2D eigenvalue weighted by atomic mass is 32.2. The van der Waals surface area contributed by atoms with Crippen LogP contribution < -0.4 is 10.5 Å². The van der Waals surface area contributed by atoms with Crippen LogP contribution in [0.3, 0.4) is 0 Å². The first-order valence-corrected chi connectivity index (χ1v) is 11.2. The molecule has 2 aromatic carbocycles. The second-order valence-electron chi connectivity index (χ2n) is 7.81. The van der Waals surface area contributed by atoms with Crippen LogP contribution in [-0.2, 0) is 20.8 Å². The van der Waals surface area contributed by atoms with Crippen molar-refractivity contribution in [2.75, 3.05) is 7.05 Å². The summed E-state index contributed by atoms with van der Waals surface area (Å²) in [5.74, 6) is 3.79. The number of carbonyl (C=O) groups excluding carboxylic acids is 2. The average Bonchev–Trinajstić information content (AvgIpc) is 3.29. The molecule has 8 heteroatoms. The predicted molar refractivity (Wildman–Crippen MR) is 124 cm³/mol. The molecule has 1 saturated heterocycles. The number of amides is 1. The van der Waals surface area contributed by atoms with Gasteiger partial charge in [0.25, 0.3) is 6.47 Å². The second-order valence-corrected chi connectivity index (χ2v) is 8.89. The molecule has 2 aliphatic heterocycles. The Kier molecular flexibility index (Phi) is 9.74. The molecule has 3 aliphatic rings. The molecule has 4 atom stereocenters. The molecule has 4 unspecified atom stereocenters. The zero-order valence-corrected chi connectivity index (χ0v) is 19.3. The number of benzene rings is 2. The van der Waals surface area contributed by atoms with Crippen LogP contribution >= 0.6 is 11.8 Å². The third-order valence-corrected chi connectivity index (χ3v) is 7.02. The van der Waals surface area contributed by atoms with Gasteiger partial charge in [-0.15, -0.1) is 0 Å². The van der Waals surface area contributed by atoms with E-state index in [2.05, 4.69) is 31.5 Å². The van der Waals surface area contributed by atoms with Crippen LogP contribution in [-0.4, -0.2) is 48.3 Å². The highest BCUT2D eigenvalue weighted by Gasteiger charge is 2.55. The van der Waals surface area contributed by atoms with E-state index in [-0.39, 0.29) is 12.9 Å². The summed E-state index contributed by atoms with van der Waals surface area (Å²) < 4.78 is 5.83. The van der Waals surface area contributed by atoms with Gasteiger partial charge in [0, 0.05) is 18.5 Å². The number of hydrogen-bond acceptors (Lipinski definition) is 6. The van der Waals surface area contributed by atoms with Crippen molar-refractivity contribution in [1.82, 2.24) is 4.90 Å². The SMILES string of the molecule is CC1C2CC(C)N(C)C12.NC=O.O=CCc1ccc2c(c1)Oc1ccccc1S2.O=CO. The first kappa shape index (κ1) is 25.4. The van der Waals surface area contributed by atoms with E-state index >= 15 is 0 Å². The zero-order chi connectivity index (χ0) is 23.7. The van der Waals surface area contributed by atoms with Crippen LogP contribution in [0.1, 0.15) is 25.8 Å². The van der Waals surface area contributed by atoms with Gasteiger partial charge in [-0.05, 0) is 62.1 Å². The lowest BCUT2D eigenvalue weighted by molar-refractivity contribution is -0.123. The molecule has 1 saturated carbocycles. The Bertz CT molecular complexity index is 917.